The Labute approximate surface area is 217 Å². The molecule has 0 aliphatic heterocycles. The van der Waals surface area contributed by atoms with Crippen LogP contribution in [0.15, 0.2) is 90.3 Å². The lowest BCUT2D eigenvalue weighted by molar-refractivity contribution is -0.115. The zero-order chi connectivity index (χ0) is 27.0. The smallest absolute Gasteiger partial charge is 0.271 e. The van der Waals surface area contributed by atoms with Gasteiger partial charge in [-0.25, -0.2) is 13.8 Å². The highest BCUT2D eigenvalue weighted by Crippen LogP contribution is 2.35. The fourth-order valence-electron chi connectivity index (χ4n) is 3.72. The highest BCUT2D eigenvalue weighted by atomic mass is 19.3. The predicted octanol–water partition coefficient (Wildman–Crippen LogP) is 8.14. The fraction of sp³-hybridized carbons (Fsp3) is 0.258. The standard InChI is InChI=1S/C31H33F2N3O/c1-6-22(4)10-12-24(17-21(2)3)26-14-11-23(18-27(26)31(5,32)33)19-30(37)36-29-15-13-25(20-35-29)28-9-7-8-16-34-28/h7-18,20H,6,19H2,1-5H3,(H,35,36,37)/b22-10+,24-12+. The number of nitrogens with zero attached hydrogens (tertiary/aromatic N) is 2. The number of amides is 1. The van der Waals surface area contributed by atoms with Crippen molar-refractivity contribution in [3.05, 3.63) is 107 Å². The number of aromatic nitrogens is 2. The number of anilines is 1. The zero-order valence-electron chi connectivity index (χ0n) is 22.0. The Balaban J connectivity index is 1.84. The number of halogens is 2. The van der Waals surface area contributed by atoms with Gasteiger partial charge in [-0.05, 0) is 74.2 Å². The van der Waals surface area contributed by atoms with Crippen molar-refractivity contribution in [2.75, 3.05) is 5.32 Å². The number of carbonyl (C=O) groups is 1. The van der Waals surface area contributed by atoms with Crippen LogP contribution < -0.4 is 5.32 Å². The Morgan fingerprint density at radius 3 is 2.41 bits per heavy atom. The van der Waals surface area contributed by atoms with Gasteiger partial charge in [-0.3, -0.25) is 9.78 Å². The van der Waals surface area contributed by atoms with Gasteiger partial charge in [0.2, 0.25) is 5.91 Å². The minimum Gasteiger partial charge on any atom is -0.310 e. The average Bonchev–Trinajstić information content (AvgIpc) is 2.86. The summed E-state index contributed by atoms with van der Waals surface area (Å²) >= 11 is 0. The lowest BCUT2D eigenvalue weighted by atomic mass is 9.91. The molecule has 2 aromatic heterocycles. The summed E-state index contributed by atoms with van der Waals surface area (Å²) in [6.07, 6.45) is 9.90. The van der Waals surface area contributed by atoms with Crippen LogP contribution in [0.1, 0.15) is 57.7 Å². The Hall–Kier alpha value is -3.93. The van der Waals surface area contributed by atoms with Crippen molar-refractivity contribution < 1.29 is 13.6 Å². The van der Waals surface area contributed by atoms with Gasteiger partial charge in [0.25, 0.3) is 5.92 Å². The van der Waals surface area contributed by atoms with Crippen molar-refractivity contribution in [3.63, 3.8) is 0 Å². The summed E-state index contributed by atoms with van der Waals surface area (Å²) in [4.78, 5) is 21.3. The van der Waals surface area contributed by atoms with E-state index in [4.69, 9.17) is 0 Å². The molecule has 0 saturated carbocycles. The van der Waals surface area contributed by atoms with Crippen LogP contribution in [0, 0.1) is 0 Å². The van der Waals surface area contributed by atoms with Crippen molar-refractivity contribution >= 4 is 17.3 Å². The van der Waals surface area contributed by atoms with E-state index in [-0.39, 0.29) is 17.9 Å². The lowest BCUT2D eigenvalue weighted by Crippen LogP contribution is -2.17. The summed E-state index contributed by atoms with van der Waals surface area (Å²) in [6, 6.07) is 13.9. The molecule has 2 heterocycles. The van der Waals surface area contributed by atoms with Gasteiger partial charge in [0.1, 0.15) is 5.82 Å². The van der Waals surface area contributed by atoms with E-state index in [1.54, 1.807) is 30.6 Å². The minimum atomic E-state index is -3.08. The molecule has 37 heavy (non-hydrogen) atoms. The molecule has 0 fully saturated rings. The summed E-state index contributed by atoms with van der Waals surface area (Å²) in [5.41, 5.74) is 5.31. The Kier molecular flexibility index (Phi) is 9.23. The third-order valence-electron chi connectivity index (χ3n) is 5.77. The maximum atomic E-state index is 14.7. The van der Waals surface area contributed by atoms with E-state index in [2.05, 4.69) is 22.2 Å². The van der Waals surface area contributed by atoms with Crippen LogP contribution >= 0.6 is 0 Å². The molecule has 4 nitrogen and oxygen atoms in total. The van der Waals surface area contributed by atoms with E-state index in [1.165, 1.54) is 6.07 Å². The maximum absolute atomic E-state index is 14.7. The van der Waals surface area contributed by atoms with E-state index in [0.717, 1.165) is 35.7 Å². The molecule has 1 aromatic carbocycles. The Morgan fingerprint density at radius 1 is 1.03 bits per heavy atom. The van der Waals surface area contributed by atoms with Crippen molar-refractivity contribution in [1.82, 2.24) is 9.97 Å². The molecule has 0 unspecified atom stereocenters. The van der Waals surface area contributed by atoms with Gasteiger partial charge in [0, 0.05) is 30.4 Å². The van der Waals surface area contributed by atoms with Crippen LogP contribution in [0.2, 0.25) is 0 Å². The zero-order valence-corrected chi connectivity index (χ0v) is 22.0. The second-order valence-corrected chi connectivity index (χ2v) is 9.35. The molecule has 0 atom stereocenters. The van der Waals surface area contributed by atoms with Crippen LogP contribution in [0.3, 0.4) is 0 Å². The summed E-state index contributed by atoms with van der Waals surface area (Å²) in [5.74, 6) is -3.03. The molecule has 0 saturated heterocycles. The topological polar surface area (TPSA) is 54.9 Å². The number of nitrogens with one attached hydrogen (secondary N) is 1. The van der Waals surface area contributed by atoms with Gasteiger partial charge in [-0.2, -0.15) is 0 Å². The summed E-state index contributed by atoms with van der Waals surface area (Å²) < 4.78 is 29.5. The largest absolute Gasteiger partial charge is 0.310 e. The first kappa shape index (κ1) is 27.7. The van der Waals surface area contributed by atoms with Gasteiger partial charge in [-0.1, -0.05) is 54.5 Å². The minimum absolute atomic E-state index is 0.0520. The molecule has 3 rings (SSSR count). The molecule has 0 aliphatic carbocycles. The molecule has 1 N–H and O–H groups in total. The third kappa shape index (κ3) is 8.04. The van der Waals surface area contributed by atoms with E-state index in [0.29, 0.717) is 22.5 Å². The molecule has 0 aliphatic rings. The normalized spacial score (nSPS) is 12.3. The monoisotopic (exact) mass is 501 g/mol. The number of alkyl halides is 2. The summed E-state index contributed by atoms with van der Waals surface area (Å²) in [7, 11) is 0. The number of hydrogen-bond donors (Lipinski definition) is 1. The molecule has 1 amide bonds. The molecule has 0 radical (unpaired) electrons. The molecular formula is C31H33F2N3O. The quantitative estimate of drug-likeness (QED) is 0.301. The first-order valence-corrected chi connectivity index (χ1v) is 12.3. The van der Waals surface area contributed by atoms with Crippen LogP contribution in [-0.2, 0) is 17.1 Å². The van der Waals surface area contributed by atoms with Gasteiger partial charge in [-0.15, -0.1) is 0 Å². The summed E-state index contributed by atoms with van der Waals surface area (Å²) in [5, 5.41) is 2.74. The van der Waals surface area contributed by atoms with E-state index in [1.807, 2.05) is 63.3 Å². The number of pyridine rings is 2. The van der Waals surface area contributed by atoms with E-state index < -0.39 is 5.92 Å². The van der Waals surface area contributed by atoms with Crippen molar-refractivity contribution in [1.29, 1.82) is 0 Å². The molecule has 3 aromatic rings. The van der Waals surface area contributed by atoms with Crippen LogP contribution in [-0.4, -0.2) is 15.9 Å². The average molecular weight is 502 g/mol. The lowest BCUT2D eigenvalue weighted by Gasteiger charge is -2.18. The van der Waals surface area contributed by atoms with Crippen LogP contribution in [0.4, 0.5) is 14.6 Å². The van der Waals surface area contributed by atoms with Crippen LogP contribution in [0.5, 0.6) is 0 Å². The highest BCUT2D eigenvalue weighted by molar-refractivity contribution is 5.91. The van der Waals surface area contributed by atoms with Crippen molar-refractivity contribution in [2.45, 2.75) is 53.4 Å². The second-order valence-electron chi connectivity index (χ2n) is 9.35. The third-order valence-corrected chi connectivity index (χ3v) is 5.77. The maximum Gasteiger partial charge on any atom is 0.271 e. The summed E-state index contributed by atoms with van der Waals surface area (Å²) in [6.45, 7) is 8.81. The van der Waals surface area contributed by atoms with Gasteiger partial charge in [0.15, 0.2) is 0 Å². The number of benzene rings is 1. The Morgan fingerprint density at radius 2 is 1.81 bits per heavy atom. The van der Waals surface area contributed by atoms with Crippen molar-refractivity contribution in [3.8, 4) is 11.3 Å². The molecule has 6 heteroatoms. The van der Waals surface area contributed by atoms with Gasteiger partial charge in [0.05, 0.1) is 12.1 Å². The predicted molar refractivity (Wildman–Crippen MR) is 147 cm³/mol. The first-order valence-electron chi connectivity index (χ1n) is 12.3. The molecule has 0 bridgehead atoms. The van der Waals surface area contributed by atoms with E-state index >= 15 is 0 Å². The van der Waals surface area contributed by atoms with Gasteiger partial charge >= 0.3 is 0 Å². The number of rotatable bonds is 9. The number of hydrogen-bond acceptors (Lipinski definition) is 3. The molecule has 192 valence electrons. The van der Waals surface area contributed by atoms with Gasteiger partial charge < -0.3 is 5.32 Å². The SMILES string of the molecule is CC/C(C)=C/C=C(\C=C(C)C)c1ccc(CC(=O)Nc2ccc(-c3ccccn3)cn2)cc1C(C)(F)F. The molecular weight excluding hydrogens is 468 g/mol. The van der Waals surface area contributed by atoms with Crippen molar-refractivity contribution in [2.24, 2.45) is 0 Å². The first-order chi connectivity index (χ1) is 17.6. The molecule has 0 spiro atoms. The second kappa shape index (κ2) is 12.3. The highest BCUT2D eigenvalue weighted by Gasteiger charge is 2.29. The van der Waals surface area contributed by atoms with Crippen LogP contribution in [0.25, 0.3) is 16.8 Å². The number of carbonyl (C=O) groups excluding carboxylic acids is 1. The fourth-order valence-corrected chi connectivity index (χ4v) is 3.72. The number of allylic oxidation sites excluding steroid dienone is 6. The van der Waals surface area contributed by atoms with E-state index in [9.17, 15) is 13.6 Å². The Bertz CT molecular complexity index is 1310.